The van der Waals surface area contributed by atoms with Gasteiger partial charge in [0.05, 0.1) is 6.61 Å². The van der Waals surface area contributed by atoms with E-state index in [0.29, 0.717) is 6.04 Å². The minimum atomic E-state index is 0.260. The molecule has 0 aliphatic carbocycles. The maximum atomic E-state index is 6.01. The summed E-state index contributed by atoms with van der Waals surface area (Å²) in [6.45, 7) is 7.20. The van der Waals surface area contributed by atoms with Crippen molar-refractivity contribution in [2.75, 3.05) is 25.7 Å². The van der Waals surface area contributed by atoms with E-state index < -0.39 is 0 Å². The van der Waals surface area contributed by atoms with Crippen molar-refractivity contribution in [1.82, 2.24) is 0 Å². The maximum Gasteiger partial charge on any atom is 0.0663 e. The number of likely N-dealkylation sites (N-methyl/N-ethyl adjacent to an activating group) is 1. The first-order chi connectivity index (χ1) is 8.99. The topological polar surface area (TPSA) is 38.5 Å². The Bertz CT molecular complexity index is 392. The average molecular weight is 264 g/mol. The third kappa shape index (κ3) is 4.51. The first-order valence-electron chi connectivity index (χ1n) is 7.06. The van der Waals surface area contributed by atoms with E-state index in [4.69, 9.17) is 10.5 Å². The first-order valence-corrected chi connectivity index (χ1v) is 7.06. The van der Waals surface area contributed by atoms with Crippen LogP contribution in [-0.4, -0.2) is 32.8 Å². The van der Waals surface area contributed by atoms with Gasteiger partial charge in [-0.25, -0.2) is 0 Å². The molecule has 0 aliphatic rings. The summed E-state index contributed by atoms with van der Waals surface area (Å²) in [6.07, 6.45) is 1.97. The van der Waals surface area contributed by atoms with Crippen LogP contribution < -0.4 is 10.6 Å². The molecule has 1 aromatic rings. The van der Waals surface area contributed by atoms with Gasteiger partial charge in [-0.15, -0.1) is 0 Å². The van der Waals surface area contributed by atoms with Crippen molar-refractivity contribution in [3.63, 3.8) is 0 Å². The van der Waals surface area contributed by atoms with Gasteiger partial charge in [-0.1, -0.05) is 19.1 Å². The second kappa shape index (κ2) is 7.51. The fourth-order valence-electron chi connectivity index (χ4n) is 2.28. The van der Waals surface area contributed by atoms with Crippen molar-refractivity contribution in [1.29, 1.82) is 0 Å². The number of methoxy groups -OCH3 is 1. The van der Waals surface area contributed by atoms with E-state index in [1.54, 1.807) is 7.11 Å². The molecule has 2 atom stereocenters. The maximum absolute atomic E-state index is 6.01. The second-order valence-electron chi connectivity index (χ2n) is 5.41. The molecular weight excluding hydrogens is 236 g/mol. The molecule has 0 heterocycles. The van der Waals surface area contributed by atoms with Gasteiger partial charge in [-0.2, -0.15) is 0 Å². The molecule has 2 unspecified atom stereocenters. The molecule has 0 radical (unpaired) electrons. The van der Waals surface area contributed by atoms with E-state index in [0.717, 1.165) is 19.4 Å². The molecule has 108 valence electrons. The monoisotopic (exact) mass is 264 g/mol. The van der Waals surface area contributed by atoms with E-state index in [2.05, 4.69) is 50.9 Å². The summed E-state index contributed by atoms with van der Waals surface area (Å²) >= 11 is 0. The van der Waals surface area contributed by atoms with Crippen LogP contribution in [0.3, 0.4) is 0 Å². The normalized spacial score (nSPS) is 14.2. The Hall–Kier alpha value is -1.06. The highest BCUT2D eigenvalue weighted by molar-refractivity contribution is 5.54. The lowest BCUT2D eigenvalue weighted by molar-refractivity contribution is 0.183. The average Bonchev–Trinajstić information content (AvgIpc) is 2.38. The number of nitrogens with zero attached hydrogens (tertiary/aromatic N) is 1. The number of anilines is 1. The molecule has 1 aromatic carbocycles. The van der Waals surface area contributed by atoms with Crippen LogP contribution in [0.5, 0.6) is 0 Å². The van der Waals surface area contributed by atoms with Gasteiger partial charge in [0.2, 0.25) is 0 Å². The standard InChI is InChI=1S/C16H28N2O/c1-6-15(17)10-14-7-8-16(12(2)9-14)18(4)13(3)11-19-5/h7-9,13,15H,6,10-11,17H2,1-5H3. The Morgan fingerprint density at radius 1 is 1.37 bits per heavy atom. The van der Waals surface area contributed by atoms with Crippen molar-refractivity contribution in [3.05, 3.63) is 29.3 Å². The molecule has 2 N–H and O–H groups in total. The number of nitrogens with two attached hydrogens (primary N) is 1. The van der Waals surface area contributed by atoms with Crippen molar-refractivity contribution in [2.45, 2.75) is 45.7 Å². The predicted octanol–water partition coefficient (Wildman–Crippen LogP) is 2.75. The second-order valence-corrected chi connectivity index (χ2v) is 5.41. The zero-order valence-electron chi connectivity index (χ0n) is 12.9. The molecule has 0 saturated heterocycles. The molecule has 0 bridgehead atoms. The largest absolute Gasteiger partial charge is 0.383 e. The first kappa shape index (κ1) is 16.0. The van der Waals surface area contributed by atoms with Crippen LogP contribution >= 0.6 is 0 Å². The van der Waals surface area contributed by atoms with Gasteiger partial charge >= 0.3 is 0 Å². The van der Waals surface area contributed by atoms with Gasteiger partial charge in [0, 0.05) is 31.9 Å². The lowest BCUT2D eigenvalue weighted by atomic mass is 10.0. The molecule has 0 spiro atoms. The third-order valence-corrected chi connectivity index (χ3v) is 3.73. The third-order valence-electron chi connectivity index (χ3n) is 3.73. The van der Waals surface area contributed by atoms with E-state index in [1.165, 1.54) is 16.8 Å². The highest BCUT2D eigenvalue weighted by Crippen LogP contribution is 2.22. The summed E-state index contributed by atoms with van der Waals surface area (Å²) in [5.74, 6) is 0. The van der Waals surface area contributed by atoms with Gasteiger partial charge < -0.3 is 15.4 Å². The lowest BCUT2D eigenvalue weighted by Crippen LogP contribution is -2.33. The Morgan fingerprint density at radius 3 is 2.58 bits per heavy atom. The summed E-state index contributed by atoms with van der Waals surface area (Å²) in [5, 5.41) is 0. The minimum Gasteiger partial charge on any atom is -0.383 e. The van der Waals surface area contributed by atoms with E-state index >= 15 is 0 Å². The number of rotatable bonds is 7. The number of hydrogen-bond donors (Lipinski definition) is 1. The van der Waals surface area contributed by atoms with E-state index in [9.17, 15) is 0 Å². The van der Waals surface area contributed by atoms with Crippen LogP contribution in [0.25, 0.3) is 0 Å². The van der Waals surface area contributed by atoms with E-state index in [-0.39, 0.29) is 6.04 Å². The highest BCUT2D eigenvalue weighted by atomic mass is 16.5. The summed E-state index contributed by atoms with van der Waals surface area (Å²) in [4.78, 5) is 2.27. The molecule has 3 nitrogen and oxygen atoms in total. The van der Waals surface area contributed by atoms with Crippen molar-refractivity contribution >= 4 is 5.69 Å². The predicted molar refractivity (Wildman–Crippen MR) is 82.9 cm³/mol. The Morgan fingerprint density at radius 2 is 2.05 bits per heavy atom. The Kier molecular flexibility index (Phi) is 6.32. The Balaban J connectivity index is 2.82. The van der Waals surface area contributed by atoms with Crippen molar-refractivity contribution in [2.24, 2.45) is 5.73 Å². The molecule has 0 saturated carbocycles. The van der Waals surface area contributed by atoms with Crippen LogP contribution in [-0.2, 0) is 11.2 Å². The van der Waals surface area contributed by atoms with Gasteiger partial charge in [-0.3, -0.25) is 0 Å². The quantitative estimate of drug-likeness (QED) is 0.823. The number of ether oxygens (including phenoxy) is 1. The van der Waals surface area contributed by atoms with Crippen LogP contribution in [0.2, 0.25) is 0 Å². The summed E-state index contributed by atoms with van der Waals surface area (Å²) in [6, 6.07) is 7.26. The minimum absolute atomic E-state index is 0.260. The van der Waals surface area contributed by atoms with Crippen molar-refractivity contribution in [3.8, 4) is 0 Å². The summed E-state index contributed by atoms with van der Waals surface area (Å²) in [7, 11) is 3.86. The van der Waals surface area contributed by atoms with Crippen LogP contribution in [0.15, 0.2) is 18.2 Å². The van der Waals surface area contributed by atoms with Gasteiger partial charge in [0.25, 0.3) is 0 Å². The number of hydrogen-bond acceptors (Lipinski definition) is 3. The van der Waals surface area contributed by atoms with Crippen molar-refractivity contribution < 1.29 is 4.74 Å². The zero-order valence-corrected chi connectivity index (χ0v) is 12.9. The van der Waals surface area contributed by atoms with E-state index in [1.807, 2.05) is 0 Å². The molecule has 0 aliphatic heterocycles. The van der Waals surface area contributed by atoms with Gasteiger partial charge in [-0.05, 0) is 43.9 Å². The summed E-state index contributed by atoms with van der Waals surface area (Å²) < 4.78 is 5.22. The lowest BCUT2D eigenvalue weighted by Gasteiger charge is -2.28. The molecule has 0 fully saturated rings. The van der Waals surface area contributed by atoms with Crippen LogP contribution in [0.4, 0.5) is 5.69 Å². The van der Waals surface area contributed by atoms with Crippen LogP contribution in [0.1, 0.15) is 31.4 Å². The fourth-order valence-corrected chi connectivity index (χ4v) is 2.28. The zero-order chi connectivity index (χ0) is 14.4. The summed E-state index contributed by atoms with van der Waals surface area (Å²) in [5.41, 5.74) is 9.90. The molecule has 0 amide bonds. The highest BCUT2D eigenvalue weighted by Gasteiger charge is 2.12. The molecule has 0 aromatic heterocycles. The molecular formula is C16H28N2O. The molecule has 1 rings (SSSR count). The van der Waals surface area contributed by atoms with Gasteiger partial charge in [0.1, 0.15) is 0 Å². The Labute approximate surface area is 117 Å². The van der Waals surface area contributed by atoms with Crippen LogP contribution in [0, 0.1) is 6.92 Å². The number of aryl methyl sites for hydroxylation is 1. The SMILES string of the molecule is CCC(N)Cc1ccc(N(C)C(C)COC)c(C)c1. The number of benzene rings is 1. The molecule has 19 heavy (non-hydrogen) atoms. The smallest absolute Gasteiger partial charge is 0.0663 e. The fraction of sp³-hybridized carbons (Fsp3) is 0.625. The molecule has 3 heteroatoms. The van der Waals surface area contributed by atoms with Gasteiger partial charge in [0.15, 0.2) is 0 Å².